The lowest BCUT2D eigenvalue weighted by molar-refractivity contribution is 0.0488. The quantitative estimate of drug-likeness (QED) is 0.652. The van der Waals surface area contributed by atoms with E-state index in [1.165, 1.54) is 11.3 Å². The molecule has 0 radical (unpaired) electrons. The van der Waals surface area contributed by atoms with Crippen molar-refractivity contribution < 1.29 is 19.1 Å². The molecule has 2 aromatic carbocycles. The zero-order chi connectivity index (χ0) is 20.5. The molecule has 3 aromatic rings. The number of ether oxygens (including phenoxy) is 1. The van der Waals surface area contributed by atoms with E-state index in [0.29, 0.717) is 16.7 Å². The number of fused-ring (bicyclic) bond motifs is 1. The molecule has 8 heteroatoms. The molecule has 7 nitrogen and oxygen atoms in total. The average molecular weight is 407 g/mol. The molecule has 1 aliphatic rings. The number of carbonyl (C=O) groups excluding carboxylic acids is 3. The van der Waals surface area contributed by atoms with E-state index in [4.69, 9.17) is 10.5 Å². The third-order valence-electron chi connectivity index (χ3n) is 4.78. The average Bonchev–Trinajstić information content (AvgIpc) is 3.24. The number of nitrogens with zero attached hydrogens (tertiary/aromatic N) is 2. The SMILES string of the molecule is Cc1ncsc1-c1ccc(C(CN2C(=O)c3ccccc3C2=O)OC(N)=O)cc1. The summed E-state index contributed by atoms with van der Waals surface area (Å²) in [6.07, 6.45) is -1.85. The molecule has 1 atom stereocenters. The monoisotopic (exact) mass is 407 g/mol. The largest absolute Gasteiger partial charge is 0.440 e. The van der Waals surface area contributed by atoms with Gasteiger partial charge in [-0.1, -0.05) is 36.4 Å². The second-order valence-electron chi connectivity index (χ2n) is 6.58. The van der Waals surface area contributed by atoms with Gasteiger partial charge in [0.05, 0.1) is 33.8 Å². The van der Waals surface area contributed by atoms with Crippen LogP contribution in [-0.2, 0) is 4.74 Å². The van der Waals surface area contributed by atoms with Crippen LogP contribution in [-0.4, -0.2) is 34.3 Å². The van der Waals surface area contributed by atoms with Gasteiger partial charge >= 0.3 is 6.09 Å². The third kappa shape index (κ3) is 3.50. The predicted molar refractivity (Wildman–Crippen MR) is 108 cm³/mol. The van der Waals surface area contributed by atoms with E-state index in [1.54, 1.807) is 41.9 Å². The molecule has 0 saturated carbocycles. The van der Waals surface area contributed by atoms with Gasteiger partial charge in [0.25, 0.3) is 11.8 Å². The molecule has 0 bridgehead atoms. The van der Waals surface area contributed by atoms with Crippen molar-refractivity contribution in [2.75, 3.05) is 6.54 Å². The Bertz CT molecular complexity index is 1070. The summed E-state index contributed by atoms with van der Waals surface area (Å²) in [6.45, 7) is 1.81. The Balaban J connectivity index is 1.61. The van der Waals surface area contributed by atoms with Gasteiger partial charge in [-0.25, -0.2) is 9.78 Å². The molecule has 29 heavy (non-hydrogen) atoms. The summed E-state index contributed by atoms with van der Waals surface area (Å²) in [5, 5.41) is 0. The lowest BCUT2D eigenvalue weighted by atomic mass is 10.0. The van der Waals surface area contributed by atoms with Gasteiger partial charge < -0.3 is 10.5 Å². The van der Waals surface area contributed by atoms with Crippen LogP contribution in [0.1, 0.15) is 38.1 Å². The summed E-state index contributed by atoms with van der Waals surface area (Å²) in [5.74, 6) is -0.832. The molecule has 0 saturated heterocycles. The standard InChI is InChI=1S/C21H17N3O4S/c1-12-18(29-11-23-12)14-8-6-13(7-9-14)17(28-21(22)27)10-24-19(25)15-4-2-3-5-16(15)20(24)26/h2-9,11,17H,10H2,1H3,(H2,22,27). The van der Waals surface area contributed by atoms with Crippen molar-refractivity contribution in [3.05, 3.63) is 76.4 Å². The van der Waals surface area contributed by atoms with Crippen molar-refractivity contribution >= 4 is 29.2 Å². The van der Waals surface area contributed by atoms with E-state index in [2.05, 4.69) is 4.98 Å². The first-order valence-electron chi connectivity index (χ1n) is 8.87. The molecule has 2 heterocycles. The molecule has 0 aliphatic carbocycles. The summed E-state index contributed by atoms with van der Waals surface area (Å²) in [6, 6.07) is 14.0. The van der Waals surface area contributed by atoms with Crippen LogP contribution < -0.4 is 5.73 Å². The van der Waals surface area contributed by atoms with E-state index in [0.717, 1.165) is 21.0 Å². The Morgan fingerprint density at radius 1 is 1.10 bits per heavy atom. The lowest BCUT2D eigenvalue weighted by Crippen LogP contribution is -2.36. The van der Waals surface area contributed by atoms with Crippen LogP contribution in [0.5, 0.6) is 0 Å². The van der Waals surface area contributed by atoms with Gasteiger partial charge in [0, 0.05) is 0 Å². The number of rotatable bonds is 5. The number of hydrogen-bond donors (Lipinski definition) is 1. The molecule has 1 aliphatic heterocycles. The highest BCUT2D eigenvalue weighted by Gasteiger charge is 2.37. The van der Waals surface area contributed by atoms with Gasteiger partial charge in [-0.15, -0.1) is 11.3 Å². The Hall–Kier alpha value is -3.52. The molecule has 0 spiro atoms. The van der Waals surface area contributed by atoms with Crippen LogP contribution in [0, 0.1) is 6.92 Å². The number of hydrogen-bond acceptors (Lipinski definition) is 6. The smallest absolute Gasteiger partial charge is 0.405 e. The zero-order valence-corrected chi connectivity index (χ0v) is 16.3. The van der Waals surface area contributed by atoms with E-state index in [1.807, 2.05) is 19.1 Å². The van der Waals surface area contributed by atoms with E-state index < -0.39 is 24.0 Å². The number of amides is 3. The van der Waals surface area contributed by atoms with E-state index in [-0.39, 0.29) is 6.54 Å². The van der Waals surface area contributed by atoms with Gasteiger partial charge in [-0.3, -0.25) is 14.5 Å². The third-order valence-corrected chi connectivity index (χ3v) is 5.75. The minimum absolute atomic E-state index is 0.117. The number of imide groups is 1. The first-order valence-corrected chi connectivity index (χ1v) is 9.75. The fourth-order valence-electron chi connectivity index (χ4n) is 3.35. The molecule has 3 amide bonds. The number of thiazole rings is 1. The Labute approximate surface area is 170 Å². The fraction of sp³-hybridized carbons (Fsp3) is 0.143. The fourth-order valence-corrected chi connectivity index (χ4v) is 4.16. The van der Waals surface area contributed by atoms with Crippen molar-refractivity contribution in [2.24, 2.45) is 5.73 Å². The van der Waals surface area contributed by atoms with E-state index in [9.17, 15) is 14.4 Å². The minimum atomic E-state index is -0.978. The molecular weight excluding hydrogens is 390 g/mol. The van der Waals surface area contributed by atoms with Crippen molar-refractivity contribution in [3.63, 3.8) is 0 Å². The second kappa shape index (κ2) is 7.48. The summed E-state index contributed by atoms with van der Waals surface area (Å²) >= 11 is 1.53. The Morgan fingerprint density at radius 3 is 2.24 bits per heavy atom. The van der Waals surface area contributed by atoms with Gasteiger partial charge in [0.1, 0.15) is 6.10 Å². The minimum Gasteiger partial charge on any atom is -0.440 e. The summed E-state index contributed by atoms with van der Waals surface area (Å²) in [4.78, 5) is 43.1. The van der Waals surface area contributed by atoms with Gasteiger partial charge in [0.15, 0.2) is 0 Å². The van der Waals surface area contributed by atoms with Crippen LogP contribution in [0.2, 0.25) is 0 Å². The van der Waals surface area contributed by atoms with Crippen molar-refractivity contribution in [1.29, 1.82) is 0 Å². The molecule has 146 valence electrons. The van der Waals surface area contributed by atoms with Crippen molar-refractivity contribution in [3.8, 4) is 10.4 Å². The highest BCUT2D eigenvalue weighted by molar-refractivity contribution is 7.13. The molecule has 2 N–H and O–H groups in total. The first kappa shape index (κ1) is 18.8. The van der Waals surface area contributed by atoms with E-state index >= 15 is 0 Å². The number of carbonyl (C=O) groups is 3. The molecular formula is C21H17N3O4S. The number of primary amides is 1. The highest BCUT2D eigenvalue weighted by atomic mass is 32.1. The number of aryl methyl sites for hydroxylation is 1. The molecule has 0 fully saturated rings. The van der Waals surface area contributed by atoms with Crippen LogP contribution in [0.4, 0.5) is 4.79 Å². The van der Waals surface area contributed by atoms with Gasteiger partial charge in [0.2, 0.25) is 0 Å². The Morgan fingerprint density at radius 2 is 1.72 bits per heavy atom. The van der Waals surface area contributed by atoms with Crippen LogP contribution in [0.25, 0.3) is 10.4 Å². The summed E-state index contributed by atoms with van der Waals surface area (Å²) in [7, 11) is 0. The lowest BCUT2D eigenvalue weighted by Gasteiger charge is -2.22. The molecule has 4 rings (SSSR count). The summed E-state index contributed by atoms with van der Waals surface area (Å²) < 4.78 is 5.23. The van der Waals surface area contributed by atoms with Crippen molar-refractivity contribution in [2.45, 2.75) is 13.0 Å². The highest BCUT2D eigenvalue weighted by Crippen LogP contribution is 2.30. The van der Waals surface area contributed by atoms with Gasteiger partial charge in [-0.2, -0.15) is 0 Å². The number of benzene rings is 2. The number of nitrogens with two attached hydrogens (primary N) is 1. The maximum atomic E-state index is 12.6. The van der Waals surface area contributed by atoms with Crippen LogP contribution in [0.15, 0.2) is 54.0 Å². The molecule has 1 unspecified atom stereocenters. The predicted octanol–water partition coefficient (Wildman–Crippen LogP) is 3.55. The Kier molecular flexibility index (Phi) is 4.85. The zero-order valence-electron chi connectivity index (χ0n) is 15.5. The van der Waals surface area contributed by atoms with Crippen molar-refractivity contribution in [1.82, 2.24) is 9.88 Å². The topological polar surface area (TPSA) is 103 Å². The maximum absolute atomic E-state index is 12.6. The number of aromatic nitrogens is 1. The summed E-state index contributed by atoms with van der Waals surface area (Å²) in [5.41, 5.74) is 10.2. The second-order valence-corrected chi connectivity index (χ2v) is 7.44. The van der Waals surface area contributed by atoms with Gasteiger partial charge in [-0.05, 0) is 30.2 Å². The van der Waals surface area contributed by atoms with Crippen LogP contribution in [0.3, 0.4) is 0 Å². The van der Waals surface area contributed by atoms with Crippen LogP contribution >= 0.6 is 11.3 Å². The normalized spacial score (nSPS) is 14.0. The maximum Gasteiger partial charge on any atom is 0.405 e. The first-order chi connectivity index (χ1) is 14.0. The molecule has 1 aromatic heterocycles.